The smallest absolute Gasteiger partial charge is 0.223 e. The molecule has 1 unspecified atom stereocenters. The Hall–Kier alpha value is -1.96. The van der Waals surface area contributed by atoms with Gasteiger partial charge in [-0.3, -0.25) is 14.6 Å². The number of nitrogens with zero attached hydrogens (tertiary/aromatic N) is 3. The Morgan fingerprint density at radius 3 is 2.65 bits per heavy atom. The monoisotopic (exact) mass is 442 g/mol. The van der Waals surface area contributed by atoms with Crippen molar-refractivity contribution >= 4 is 17.2 Å². The molecule has 0 bridgehead atoms. The largest absolute Gasteiger partial charge is 0.496 e. The Morgan fingerprint density at radius 2 is 1.97 bits per heavy atom. The summed E-state index contributed by atoms with van der Waals surface area (Å²) in [5.74, 6) is 1.20. The maximum absolute atomic E-state index is 13.0. The molecule has 4 rings (SSSR count). The number of piperidine rings is 1. The Balaban J connectivity index is 1.32. The average Bonchev–Trinajstić information content (AvgIpc) is 3.47. The van der Waals surface area contributed by atoms with Crippen LogP contribution in [-0.4, -0.2) is 60.5 Å². The fourth-order valence-corrected chi connectivity index (χ4v) is 5.44. The van der Waals surface area contributed by atoms with Crippen LogP contribution in [0.3, 0.4) is 0 Å². The zero-order valence-electron chi connectivity index (χ0n) is 18.7. The van der Waals surface area contributed by atoms with Crippen molar-refractivity contribution in [3.63, 3.8) is 0 Å². The van der Waals surface area contributed by atoms with Gasteiger partial charge in [0.2, 0.25) is 5.91 Å². The van der Waals surface area contributed by atoms with Gasteiger partial charge in [-0.1, -0.05) is 18.2 Å². The van der Waals surface area contributed by atoms with Gasteiger partial charge in [-0.05, 0) is 64.9 Å². The summed E-state index contributed by atoms with van der Waals surface area (Å²) in [6, 6.07) is 8.37. The second-order valence-corrected chi connectivity index (χ2v) is 9.72. The lowest BCUT2D eigenvalue weighted by atomic mass is 9.95. The van der Waals surface area contributed by atoms with E-state index in [1.807, 2.05) is 19.1 Å². The van der Waals surface area contributed by atoms with Crippen molar-refractivity contribution in [2.75, 3.05) is 39.8 Å². The van der Waals surface area contributed by atoms with Gasteiger partial charge in [0.05, 0.1) is 23.9 Å². The third-order valence-corrected chi connectivity index (χ3v) is 7.38. The summed E-state index contributed by atoms with van der Waals surface area (Å²) >= 11 is 1.70. The van der Waals surface area contributed by atoms with Gasteiger partial charge in [0.1, 0.15) is 5.75 Å². The normalized spacial score (nSPS) is 19.4. The van der Waals surface area contributed by atoms with Gasteiger partial charge in [0, 0.05) is 30.0 Å². The number of ether oxygens (including phenoxy) is 1. The summed E-state index contributed by atoms with van der Waals surface area (Å²) in [5, 5.41) is 6.54. The SMILES string of the molecule is COc1ccccc1C(CNC(=O)C1CCN(Cc2csc(C)n2)CC1)N1CCCC1. The molecule has 0 spiro atoms. The van der Waals surface area contributed by atoms with Crippen LogP contribution in [0.1, 0.15) is 48.0 Å². The number of para-hydroxylation sites is 1. The fourth-order valence-electron chi connectivity index (χ4n) is 4.84. The lowest BCUT2D eigenvalue weighted by Crippen LogP contribution is -2.43. The van der Waals surface area contributed by atoms with Crippen LogP contribution in [0.25, 0.3) is 0 Å². The number of nitrogens with one attached hydrogen (secondary N) is 1. The minimum Gasteiger partial charge on any atom is -0.496 e. The Kier molecular flexibility index (Phi) is 7.58. The van der Waals surface area contributed by atoms with Gasteiger partial charge >= 0.3 is 0 Å². The number of likely N-dealkylation sites (tertiary alicyclic amines) is 2. The summed E-state index contributed by atoms with van der Waals surface area (Å²) in [5.41, 5.74) is 2.32. The third-order valence-electron chi connectivity index (χ3n) is 6.56. The predicted octanol–water partition coefficient (Wildman–Crippen LogP) is 3.63. The maximum Gasteiger partial charge on any atom is 0.223 e. The number of amides is 1. The lowest BCUT2D eigenvalue weighted by molar-refractivity contribution is -0.126. The number of thiazole rings is 1. The topological polar surface area (TPSA) is 57.7 Å². The molecule has 2 fully saturated rings. The molecule has 1 aromatic heterocycles. The number of aromatic nitrogens is 1. The summed E-state index contributed by atoms with van der Waals surface area (Å²) in [6.07, 6.45) is 4.27. The lowest BCUT2D eigenvalue weighted by Gasteiger charge is -2.32. The molecule has 168 valence electrons. The molecule has 6 nitrogen and oxygen atoms in total. The van der Waals surface area contributed by atoms with E-state index < -0.39 is 0 Å². The van der Waals surface area contributed by atoms with Crippen LogP contribution in [0, 0.1) is 12.8 Å². The number of hydrogen-bond donors (Lipinski definition) is 1. The first-order valence-corrected chi connectivity index (χ1v) is 12.3. The summed E-state index contributed by atoms with van der Waals surface area (Å²) in [7, 11) is 1.72. The van der Waals surface area contributed by atoms with Crippen LogP contribution in [0.5, 0.6) is 5.75 Å². The third kappa shape index (κ3) is 5.64. The molecule has 31 heavy (non-hydrogen) atoms. The second-order valence-electron chi connectivity index (χ2n) is 8.65. The summed E-state index contributed by atoms with van der Waals surface area (Å²) in [4.78, 5) is 22.5. The van der Waals surface area contributed by atoms with Crippen molar-refractivity contribution in [2.45, 2.75) is 45.2 Å². The highest BCUT2D eigenvalue weighted by Gasteiger charge is 2.29. The molecule has 3 heterocycles. The number of aryl methyl sites for hydroxylation is 1. The van der Waals surface area contributed by atoms with E-state index in [1.54, 1.807) is 18.4 Å². The Labute approximate surface area is 189 Å². The molecule has 1 atom stereocenters. The number of methoxy groups -OCH3 is 1. The van der Waals surface area contributed by atoms with Crippen molar-refractivity contribution in [3.05, 3.63) is 45.9 Å². The average molecular weight is 443 g/mol. The van der Waals surface area contributed by atoms with Crippen LogP contribution in [0.2, 0.25) is 0 Å². The van der Waals surface area contributed by atoms with Gasteiger partial charge in [0.15, 0.2) is 0 Å². The van der Waals surface area contributed by atoms with Gasteiger partial charge in [-0.25, -0.2) is 4.98 Å². The molecule has 7 heteroatoms. The van der Waals surface area contributed by atoms with Crippen molar-refractivity contribution in [1.29, 1.82) is 0 Å². The van der Waals surface area contributed by atoms with Crippen molar-refractivity contribution in [3.8, 4) is 5.75 Å². The first-order valence-electron chi connectivity index (χ1n) is 11.4. The molecule has 2 aliphatic rings. The Bertz CT molecular complexity index is 857. The summed E-state index contributed by atoms with van der Waals surface area (Å²) in [6.45, 7) is 7.64. The van der Waals surface area contributed by atoms with Crippen LogP contribution in [-0.2, 0) is 11.3 Å². The van der Waals surface area contributed by atoms with Gasteiger partial charge in [-0.2, -0.15) is 0 Å². The molecule has 2 aromatic rings. The Morgan fingerprint density at radius 1 is 1.23 bits per heavy atom. The first-order chi connectivity index (χ1) is 15.1. The number of carbonyl (C=O) groups is 1. The highest BCUT2D eigenvalue weighted by Crippen LogP contribution is 2.31. The van der Waals surface area contributed by atoms with Crippen molar-refractivity contribution in [1.82, 2.24) is 20.1 Å². The van der Waals surface area contributed by atoms with Gasteiger partial charge < -0.3 is 10.1 Å². The van der Waals surface area contributed by atoms with Crippen molar-refractivity contribution < 1.29 is 9.53 Å². The molecule has 0 saturated carbocycles. The highest BCUT2D eigenvalue weighted by molar-refractivity contribution is 7.09. The molecule has 0 aliphatic carbocycles. The second kappa shape index (κ2) is 10.6. The molecular formula is C24H34N4O2S. The van der Waals surface area contributed by atoms with E-state index in [9.17, 15) is 4.79 Å². The van der Waals surface area contributed by atoms with E-state index >= 15 is 0 Å². The predicted molar refractivity (Wildman–Crippen MR) is 124 cm³/mol. The standard InChI is InChI=1S/C24H34N4O2S/c1-18-26-20(17-31-18)16-27-13-9-19(10-14-27)24(29)25-15-22(28-11-5-6-12-28)21-7-3-4-8-23(21)30-2/h3-4,7-8,17,19,22H,5-6,9-16H2,1-2H3,(H,25,29). The van der Waals surface area contributed by atoms with Gasteiger partial charge in [0.25, 0.3) is 0 Å². The van der Waals surface area contributed by atoms with E-state index in [0.717, 1.165) is 62.0 Å². The van der Waals surface area contributed by atoms with E-state index in [0.29, 0.717) is 6.54 Å². The number of rotatable bonds is 8. The molecule has 0 radical (unpaired) electrons. The summed E-state index contributed by atoms with van der Waals surface area (Å²) < 4.78 is 5.62. The zero-order valence-corrected chi connectivity index (χ0v) is 19.5. The molecule has 2 aliphatic heterocycles. The molecule has 1 aromatic carbocycles. The molecule has 2 saturated heterocycles. The van der Waals surface area contributed by atoms with Crippen LogP contribution >= 0.6 is 11.3 Å². The quantitative estimate of drug-likeness (QED) is 0.677. The van der Waals surface area contributed by atoms with E-state index in [2.05, 4.69) is 37.6 Å². The fraction of sp³-hybridized carbons (Fsp3) is 0.583. The van der Waals surface area contributed by atoms with Crippen LogP contribution < -0.4 is 10.1 Å². The van der Waals surface area contributed by atoms with E-state index in [-0.39, 0.29) is 17.9 Å². The van der Waals surface area contributed by atoms with Crippen molar-refractivity contribution in [2.24, 2.45) is 5.92 Å². The first kappa shape index (κ1) is 22.2. The maximum atomic E-state index is 13.0. The number of benzene rings is 1. The molecule has 1 N–H and O–H groups in total. The van der Waals surface area contributed by atoms with Crippen LogP contribution in [0.4, 0.5) is 0 Å². The number of hydrogen-bond acceptors (Lipinski definition) is 6. The van der Waals surface area contributed by atoms with E-state index in [1.165, 1.54) is 18.4 Å². The highest BCUT2D eigenvalue weighted by atomic mass is 32.1. The van der Waals surface area contributed by atoms with E-state index in [4.69, 9.17) is 4.74 Å². The number of carbonyl (C=O) groups excluding carboxylic acids is 1. The molecular weight excluding hydrogens is 408 g/mol. The minimum atomic E-state index is 0.102. The van der Waals surface area contributed by atoms with Gasteiger partial charge in [-0.15, -0.1) is 11.3 Å². The minimum absolute atomic E-state index is 0.102. The zero-order chi connectivity index (χ0) is 21.6. The van der Waals surface area contributed by atoms with Crippen LogP contribution in [0.15, 0.2) is 29.6 Å². The molecule has 1 amide bonds.